The molecule has 0 unspecified atom stereocenters. The lowest BCUT2D eigenvalue weighted by Gasteiger charge is -2.27. The molecule has 0 spiro atoms. The van der Waals surface area contributed by atoms with Crippen LogP contribution in [0.4, 0.5) is 5.69 Å². The van der Waals surface area contributed by atoms with E-state index in [1.165, 1.54) is 16.5 Å². The van der Waals surface area contributed by atoms with Gasteiger partial charge in [-0.1, -0.05) is 37.3 Å². The van der Waals surface area contributed by atoms with Gasteiger partial charge in [0.25, 0.3) is 5.91 Å². The number of amides is 1. The highest BCUT2D eigenvalue weighted by Crippen LogP contribution is 2.39. The van der Waals surface area contributed by atoms with Crippen molar-refractivity contribution in [2.45, 2.75) is 40.2 Å². The van der Waals surface area contributed by atoms with Crippen LogP contribution in [0.2, 0.25) is 0 Å². The first-order chi connectivity index (χ1) is 14.2. The van der Waals surface area contributed by atoms with Crippen LogP contribution in [0.15, 0.2) is 48.5 Å². The van der Waals surface area contributed by atoms with Crippen molar-refractivity contribution in [3.63, 3.8) is 0 Å². The zero-order valence-electron chi connectivity index (χ0n) is 17.5. The molecule has 2 aromatic carbocycles. The third kappa shape index (κ3) is 4.24. The van der Waals surface area contributed by atoms with E-state index in [4.69, 9.17) is 0 Å². The highest BCUT2D eigenvalue weighted by molar-refractivity contribution is 7.18. The molecular weight excluding hydrogens is 398 g/mol. The van der Waals surface area contributed by atoms with Crippen molar-refractivity contribution in [1.82, 2.24) is 0 Å². The van der Waals surface area contributed by atoms with Gasteiger partial charge in [-0.15, -0.1) is 11.3 Å². The lowest BCUT2D eigenvalue weighted by Crippen LogP contribution is -2.37. The molecule has 0 aliphatic rings. The van der Waals surface area contributed by atoms with Crippen LogP contribution in [-0.4, -0.2) is 28.1 Å². The van der Waals surface area contributed by atoms with Gasteiger partial charge in [0, 0.05) is 10.9 Å². The van der Waals surface area contributed by atoms with Gasteiger partial charge in [0.15, 0.2) is 0 Å². The number of phenolic OH excluding ortho intramolecular Hbond substituents is 1. The molecule has 2 N–H and O–H groups in total. The number of carboxylic acid groups (broad SMARTS) is 1. The second kappa shape index (κ2) is 8.71. The number of anilines is 1. The summed E-state index contributed by atoms with van der Waals surface area (Å²) in [5.74, 6) is -1.64. The van der Waals surface area contributed by atoms with Gasteiger partial charge in [-0.05, 0) is 62.1 Å². The molecule has 3 aromatic rings. The third-order valence-corrected chi connectivity index (χ3v) is 6.09. The Bertz CT molecular complexity index is 1080. The number of nitrogens with zero attached hydrogens (tertiary/aromatic N) is 1. The highest BCUT2D eigenvalue weighted by Gasteiger charge is 2.29. The van der Waals surface area contributed by atoms with Gasteiger partial charge >= 0.3 is 5.97 Å². The number of aromatic carboxylic acids is 1. The highest BCUT2D eigenvalue weighted by atomic mass is 32.1. The molecule has 1 aromatic heterocycles. The van der Waals surface area contributed by atoms with E-state index in [0.29, 0.717) is 5.69 Å². The van der Waals surface area contributed by atoms with Crippen LogP contribution in [0.5, 0.6) is 5.75 Å². The third-order valence-electron chi connectivity index (χ3n) is 4.93. The predicted octanol–water partition coefficient (Wildman–Crippen LogP) is 5.74. The van der Waals surface area contributed by atoms with Crippen LogP contribution in [0.1, 0.15) is 51.9 Å². The lowest BCUT2D eigenvalue weighted by atomic mass is 10.1. The first-order valence-electron chi connectivity index (χ1n) is 9.82. The number of hydrogen-bond donors (Lipinski definition) is 2. The minimum absolute atomic E-state index is 0.0956. The maximum Gasteiger partial charge on any atom is 0.348 e. The van der Waals surface area contributed by atoms with E-state index in [2.05, 4.69) is 6.92 Å². The number of carbonyl (C=O) groups is 2. The average molecular weight is 424 g/mol. The number of thiophene rings is 1. The molecular formula is C24H25NO4S. The van der Waals surface area contributed by atoms with Crippen molar-refractivity contribution in [3.8, 4) is 16.2 Å². The largest absolute Gasteiger partial charge is 0.507 e. The molecule has 0 bridgehead atoms. The predicted molar refractivity (Wildman–Crippen MR) is 121 cm³/mol. The Morgan fingerprint density at radius 3 is 2.27 bits per heavy atom. The van der Waals surface area contributed by atoms with Gasteiger partial charge in [-0.3, -0.25) is 4.79 Å². The van der Waals surface area contributed by atoms with Crippen LogP contribution < -0.4 is 4.90 Å². The molecule has 0 saturated heterocycles. The first-order valence-corrected chi connectivity index (χ1v) is 10.6. The topological polar surface area (TPSA) is 77.8 Å². The zero-order chi connectivity index (χ0) is 22.0. The Hall–Kier alpha value is -3.12. The molecule has 0 radical (unpaired) electrons. The van der Waals surface area contributed by atoms with E-state index >= 15 is 0 Å². The number of carbonyl (C=O) groups excluding carboxylic acids is 1. The summed E-state index contributed by atoms with van der Waals surface area (Å²) >= 11 is 1.14. The van der Waals surface area contributed by atoms with E-state index in [1.807, 2.05) is 45.0 Å². The van der Waals surface area contributed by atoms with Crippen molar-refractivity contribution in [3.05, 3.63) is 70.1 Å². The van der Waals surface area contributed by atoms with Crippen LogP contribution >= 0.6 is 11.3 Å². The molecule has 30 heavy (non-hydrogen) atoms. The second-order valence-electron chi connectivity index (χ2n) is 7.47. The number of phenols is 1. The van der Waals surface area contributed by atoms with Crippen molar-refractivity contribution in [2.75, 3.05) is 4.90 Å². The first kappa shape index (κ1) is 21.6. The molecule has 6 heteroatoms. The van der Waals surface area contributed by atoms with E-state index in [0.717, 1.165) is 33.8 Å². The van der Waals surface area contributed by atoms with E-state index in [9.17, 15) is 19.8 Å². The molecule has 0 saturated carbocycles. The Balaban J connectivity index is 2.10. The second-order valence-corrected chi connectivity index (χ2v) is 8.52. The maximum atomic E-state index is 13.3. The summed E-state index contributed by atoms with van der Waals surface area (Å²) in [5, 5.41) is 20.1. The lowest BCUT2D eigenvalue weighted by molar-refractivity contribution is 0.0703. The summed E-state index contributed by atoms with van der Waals surface area (Å²) < 4.78 is 0. The van der Waals surface area contributed by atoms with Crippen molar-refractivity contribution < 1.29 is 19.8 Å². The SMILES string of the molecule is CCc1ccc(-c2cc(N(C(=O)c3ccc(C)cc3O)C(C)C)c(C(=O)O)s2)cc1. The average Bonchev–Trinajstić information content (AvgIpc) is 3.13. The zero-order valence-corrected chi connectivity index (χ0v) is 18.3. The van der Waals surface area contributed by atoms with Gasteiger partial charge in [0.1, 0.15) is 10.6 Å². The Kier molecular flexibility index (Phi) is 6.27. The van der Waals surface area contributed by atoms with Gasteiger partial charge in [0.2, 0.25) is 0 Å². The maximum absolute atomic E-state index is 13.3. The van der Waals surface area contributed by atoms with E-state index in [-0.39, 0.29) is 22.2 Å². The minimum Gasteiger partial charge on any atom is -0.507 e. The summed E-state index contributed by atoms with van der Waals surface area (Å²) in [4.78, 5) is 27.6. The van der Waals surface area contributed by atoms with Crippen LogP contribution in [0.25, 0.3) is 10.4 Å². The quantitative estimate of drug-likeness (QED) is 0.530. The van der Waals surface area contributed by atoms with Crippen molar-refractivity contribution in [1.29, 1.82) is 0 Å². The molecule has 156 valence electrons. The van der Waals surface area contributed by atoms with Gasteiger partial charge in [-0.2, -0.15) is 0 Å². The molecule has 0 atom stereocenters. The van der Waals surface area contributed by atoms with Crippen molar-refractivity contribution in [2.24, 2.45) is 0 Å². The standard InChI is InChI=1S/C24H25NO4S/c1-5-16-7-9-17(10-8-16)21-13-19(22(30-21)24(28)29)25(14(2)3)23(27)18-11-6-15(4)12-20(18)26/h6-14,26H,5H2,1-4H3,(H,28,29). The molecule has 0 fully saturated rings. The van der Waals surface area contributed by atoms with Gasteiger partial charge < -0.3 is 15.1 Å². The number of carboxylic acids is 1. The van der Waals surface area contributed by atoms with E-state index < -0.39 is 11.9 Å². The minimum atomic E-state index is -1.09. The normalized spacial score (nSPS) is 11.0. The summed E-state index contributed by atoms with van der Waals surface area (Å²) in [6.07, 6.45) is 0.923. The summed E-state index contributed by atoms with van der Waals surface area (Å²) in [7, 11) is 0. The monoisotopic (exact) mass is 423 g/mol. The Labute approximate surface area is 180 Å². The van der Waals surface area contributed by atoms with E-state index in [1.54, 1.807) is 18.2 Å². The number of aromatic hydroxyl groups is 1. The number of aryl methyl sites for hydroxylation is 2. The fraction of sp³-hybridized carbons (Fsp3) is 0.250. The van der Waals surface area contributed by atoms with Crippen LogP contribution in [0.3, 0.4) is 0 Å². The number of rotatable bonds is 6. The molecule has 1 heterocycles. The molecule has 1 amide bonds. The summed E-state index contributed by atoms with van der Waals surface area (Å²) in [6.45, 7) is 7.55. The molecule has 5 nitrogen and oxygen atoms in total. The smallest absolute Gasteiger partial charge is 0.348 e. The fourth-order valence-corrected chi connectivity index (χ4v) is 4.33. The van der Waals surface area contributed by atoms with Crippen LogP contribution in [-0.2, 0) is 6.42 Å². The van der Waals surface area contributed by atoms with Crippen molar-refractivity contribution >= 4 is 28.9 Å². The molecule has 0 aliphatic carbocycles. The summed E-state index contributed by atoms with van der Waals surface area (Å²) in [5.41, 5.74) is 3.41. The Morgan fingerprint density at radius 2 is 1.73 bits per heavy atom. The van der Waals surface area contributed by atoms with Gasteiger partial charge in [-0.25, -0.2) is 4.79 Å². The fourth-order valence-electron chi connectivity index (χ4n) is 3.33. The van der Waals surface area contributed by atoms with Crippen LogP contribution in [0, 0.1) is 6.92 Å². The number of benzene rings is 2. The molecule has 3 rings (SSSR count). The molecule has 0 aliphatic heterocycles. The Morgan fingerprint density at radius 1 is 1.07 bits per heavy atom. The number of hydrogen-bond acceptors (Lipinski definition) is 4. The summed E-state index contributed by atoms with van der Waals surface area (Å²) in [6, 6.07) is 14.3. The van der Waals surface area contributed by atoms with Gasteiger partial charge in [0.05, 0.1) is 11.3 Å².